The minimum absolute atomic E-state index is 0.00824. The van der Waals surface area contributed by atoms with Crippen LogP contribution < -0.4 is 10.6 Å². The summed E-state index contributed by atoms with van der Waals surface area (Å²) in [4.78, 5) is 25.0. The molecule has 2 rings (SSSR count). The molecule has 0 saturated heterocycles. The second-order valence-corrected chi connectivity index (χ2v) is 8.01. The number of carbonyl (C=O) groups is 2. The van der Waals surface area contributed by atoms with Gasteiger partial charge in [0.15, 0.2) is 5.78 Å². The number of halogens is 2. The zero-order chi connectivity index (χ0) is 23.0. The summed E-state index contributed by atoms with van der Waals surface area (Å²) in [6.45, 7) is 2.56. The highest BCUT2D eigenvalue weighted by atomic mass is 35.5. The fraction of sp³-hybridized carbons (Fsp3) is 0.391. The van der Waals surface area contributed by atoms with E-state index in [-0.39, 0.29) is 21.9 Å². The summed E-state index contributed by atoms with van der Waals surface area (Å²) in [6, 6.07) is 7.50. The normalized spacial score (nSPS) is 11.8. The molecule has 0 aliphatic heterocycles. The number of aromatic hydroxyl groups is 1. The van der Waals surface area contributed by atoms with E-state index in [2.05, 4.69) is 10.6 Å². The predicted molar refractivity (Wildman–Crippen MR) is 125 cm³/mol. The number of carbonyl (C=O) groups excluding carboxylic acids is 2. The summed E-state index contributed by atoms with van der Waals surface area (Å²) < 4.78 is 4.72. The van der Waals surface area contributed by atoms with Crippen LogP contribution >= 0.6 is 23.2 Å². The van der Waals surface area contributed by atoms with Crippen LogP contribution in [0.3, 0.4) is 0 Å². The third-order valence-corrected chi connectivity index (χ3v) is 5.73. The van der Waals surface area contributed by atoms with Gasteiger partial charge in [-0.15, -0.1) is 0 Å². The number of para-hydroxylation sites is 1. The molecule has 3 N–H and O–H groups in total. The maximum absolute atomic E-state index is 13.2. The molecule has 0 radical (unpaired) electrons. The quantitative estimate of drug-likeness (QED) is 0.249. The predicted octanol–water partition coefficient (Wildman–Crippen LogP) is 4.84. The molecule has 0 amide bonds. The Morgan fingerprint density at radius 1 is 1.13 bits per heavy atom. The van der Waals surface area contributed by atoms with Crippen molar-refractivity contribution in [2.75, 3.05) is 26.0 Å². The molecule has 1 unspecified atom stereocenters. The number of phenolic OH excluding ortho intramolecular Hbond substituents is 1. The van der Waals surface area contributed by atoms with Crippen LogP contribution in [0.2, 0.25) is 10.0 Å². The number of anilines is 1. The van der Waals surface area contributed by atoms with Gasteiger partial charge in [0.25, 0.3) is 0 Å². The molecule has 0 bridgehead atoms. The Morgan fingerprint density at radius 2 is 1.84 bits per heavy atom. The Kier molecular flexibility index (Phi) is 9.62. The first-order valence-corrected chi connectivity index (χ1v) is 10.9. The summed E-state index contributed by atoms with van der Waals surface area (Å²) >= 11 is 12.8. The summed E-state index contributed by atoms with van der Waals surface area (Å²) in [6.07, 6.45) is 3.50. The topological polar surface area (TPSA) is 87.7 Å². The van der Waals surface area contributed by atoms with Gasteiger partial charge in [-0.2, -0.15) is 0 Å². The molecule has 31 heavy (non-hydrogen) atoms. The highest BCUT2D eigenvalue weighted by Gasteiger charge is 2.24. The standard InChI is InChI=1S/C23H28Cl2N2O4/c1-14(23(30)31-3)27-19-11-7-6-10-16(19)21(28)17-13-18(24)15(20(25)22(17)29)9-5-4-8-12-26-2/h6-7,10-11,13-14,26-27,29H,4-5,8-9,12H2,1-3H3. The van der Waals surface area contributed by atoms with Gasteiger partial charge >= 0.3 is 5.97 Å². The number of unbranched alkanes of at least 4 members (excludes halogenated alkanes) is 2. The molecule has 6 nitrogen and oxygen atoms in total. The van der Waals surface area contributed by atoms with Gasteiger partial charge in [0, 0.05) is 16.3 Å². The molecule has 0 fully saturated rings. The number of hydrogen-bond acceptors (Lipinski definition) is 6. The molecule has 0 spiro atoms. The molecule has 2 aromatic rings. The Balaban J connectivity index is 2.29. The lowest BCUT2D eigenvalue weighted by molar-refractivity contribution is -0.141. The maximum Gasteiger partial charge on any atom is 0.327 e. The molecule has 0 aliphatic carbocycles. The van der Waals surface area contributed by atoms with E-state index in [4.69, 9.17) is 27.9 Å². The van der Waals surface area contributed by atoms with Crippen molar-refractivity contribution in [2.24, 2.45) is 0 Å². The number of methoxy groups -OCH3 is 1. The third-order valence-electron chi connectivity index (χ3n) is 4.98. The number of nitrogens with one attached hydrogen (secondary N) is 2. The first kappa shape index (κ1) is 25.0. The minimum Gasteiger partial charge on any atom is -0.506 e. The molecule has 1 atom stereocenters. The van der Waals surface area contributed by atoms with Crippen LogP contribution in [0.5, 0.6) is 5.75 Å². The number of hydrogen-bond donors (Lipinski definition) is 3. The molecular weight excluding hydrogens is 439 g/mol. The van der Waals surface area contributed by atoms with E-state index in [9.17, 15) is 14.7 Å². The molecule has 0 saturated carbocycles. The average molecular weight is 467 g/mol. The van der Waals surface area contributed by atoms with Crippen LogP contribution in [0.15, 0.2) is 30.3 Å². The van der Waals surface area contributed by atoms with E-state index in [1.165, 1.54) is 13.2 Å². The number of ketones is 1. The van der Waals surface area contributed by atoms with E-state index < -0.39 is 17.8 Å². The van der Waals surface area contributed by atoms with Crippen molar-refractivity contribution in [1.29, 1.82) is 0 Å². The van der Waals surface area contributed by atoms with Crippen LogP contribution in [-0.4, -0.2) is 43.6 Å². The van der Waals surface area contributed by atoms with Crippen LogP contribution in [0, 0.1) is 0 Å². The van der Waals surface area contributed by atoms with Crippen LogP contribution in [0.1, 0.15) is 47.7 Å². The van der Waals surface area contributed by atoms with Gasteiger partial charge in [-0.05, 0) is 63.5 Å². The van der Waals surface area contributed by atoms with Gasteiger partial charge in [0.1, 0.15) is 11.8 Å². The molecule has 8 heteroatoms. The van der Waals surface area contributed by atoms with E-state index in [1.54, 1.807) is 31.2 Å². The van der Waals surface area contributed by atoms with Crippen LogP contribution in [0.25, 0.3) is 0 Å². The zero-order valence-electron chi connectivity index (χ0n) is 17.9. The Labute approximate surface area is 192 Å². The SMILES string of the molecule is CNCCCCCc1c(Cl)cc(C(=O)c2ccccc2NC(C)C(=O)OC)c(O)c1Cl. The lowest BCUT2D eigenvalue weighted by atomic mass is 9.97. The third kappa shape index (κ3) is 6.35. The zero-order valence-corrected chi connectivity index (χ0v) is 19.4. The first-order valence-electron chi connectivity index (χ1n) is 10.1. The minimum atomic E-state index is -0.662. The van der Waals surface area contributed by atoms with Crippen molar-refractivity contribution >= 4 is 40.6 Å². The van der Waals surface area contributed by atoms with Gasteiger partial charge in [-0.25, -0.2) is 4.79 Å². The number of phenols is 1. The highest BCUT2D eigenvalue weighted by Crippen LogP contribution is 2.38. The van der Waals surface area contributed by atoms with Gasteiger partial charge in [-0.1, -0.05) is 41.8 Å². The summed E-state index contributed by atoms with van der Waals surface area (Å²) in [7, 11) is 3.20. The fourth-order valence-electron chi connectivity index (χ4n) is 3.25. The molecule has 168 valence electrons. The van der Waals surface area contributed by atoms with Gasteiger partial charge in [0.05, 0.1) is 17.7 Å². The molecular formula is C23H28Cl2N2O4. The second-order valence-electron chi connectivity index (χ2n) is 7.23. The molecule has 0 aromatic heterocycles. The Morgan fingerprint density at radius 3 is 2.52 bits per heavy atom. The lowest BCUT2D eigenvalue weighted by Gasteiger charge is -2.17. The summed E-state index contributed by atoms with van der Waals surface area (Å²) in [5.41, 5.74) is 1.35. The van der Waals surface area contributed by atoms with E-state index in [0.717, 1.165) is 25.8 Å². The summed E-state index contributed by atoms with van der Waals surface area (Å²) in [5.74, 6) is -1.21. The van der Waals surface area contributed by atoms with Crippen molar-refractivity contribution in [3.05, 3.63) is 57.1 Å². The van der Waals surface area contributed by atoms with E-state index >= 15 is 0 Å². The summed E-state index contributed by atoms with van der Waals surface area (Å²) in [5, 5.41) is 17.2. The van der Waals surface area contributed by atoms with E-state index in [0.29, 0.717) is 22.7 Å². The van der Waals surface area contributed by atoms with Gasteiger partial charge < -0.3 is 20.5 Å². The lowest BCUT2D eigenvalue weighted by Crippen LogP contribution is -2.28. The van der Waals surface area contributed by atoms with Crippen LogP contribution in [0.4, 0.5) is 5.69 Å². The number of esters is 1. The first-order chi connectivity index (χ1) is 14.8. The second kappa shape index (κ2) is 11.9. The Bertz CT molecular complexity index is 934. The fourth-order valence-corrected chi connectivity index (χ4v) is 3.90. The van der Waals surface area contributed by atoms with Crippen molar-refractivity contribution in [3.8, 4) is 5.75 Å². The van der Waals surface area contributed by atoms with Gasteiger partial charge in [-0.3, -0.25) is 4.79 Å². The molecule has 0 heterocycles. The smallest absolute Gasteiger partial charge is 0.327 e. The number of rotatable bonds is 11. The van der Waals surface area contributed by atoms with Crippen molar-refractivity contribution in [3.63, 3.8) is 0 Å². The highest BCUT2D eigenvalue weighted by molar-refractivity contribution is 6.38. The van der Waals surface area contributed by atoms with E-state index in [1.807, 2.05) is 7.05 Å². The van der Waals surface area contributed by atoms with Crippen molar-refractivity contribution < 1.29 is 19.4 Å². The molecule has 2 aromatic carbocycles. The van der Waals surface area contributed by atoms with Crippen molar-refractivity contribution in [2.45, 2.75) is 38.6 Å². The monoisotopic (exact) mass is 466 g/mol. The number of ether oxygens (including phenoxy) is 1. The van der Waals surface area contributed by atoms with Crippen molar-refractivity contribution in [1.82, 2.24) is 5.32 Å². The van der Waals surface area contributed by atoms with Crippen LogP contribution in [-0.2, 0) is 16.0 Å². The van der Waals surface area contributed by atoms with Gasteiger partial charge in [0.2, 0.25) is 0 Å². The molecule has 0 aliphatic rings. The largest absolute Gasteiger partial charge is 0.506 e. The maximum atomic E-state index is 13.2. The average Bonchev–Trinajstić information content (AvgIpc) is 2.77. The number of benzene rings is 2. The Hall–Kier alpha value is -2.28.